The van der Waals surface area contributed by atoms with Crippen molar-refractivity contribution in [3.05, 3.63) is 35.5 Å². The zero-order valence-electron chi connectivity index (χ0n) is 10.9. The van der Waals surface area contributed by atoms with E-state index in [1.165, 1.54) is 17.0 Å². The summed E-state index contributed by atoms with van der Waals surface area (Å²) in [5.74, 6) is -0.209. The highest BCUT2D eigenvalue weighted by Crippen LogP contribution is 2.31. The summed E-state index contributed by atoms with van der Waals surface area (Å²) in [5, 5.41) is 3.19. The van der Waals surface area contributed by atoms with Crippen LogP contribution in [-0.4, -0.2) is 28.6 Å². The first-order valence-corrected chi connectivity index (χ1v) is 6.87. The average molecular weight is 310 g/mol. The summed E-state index contributed by atoms with van der Waals surface area (Å²) in [6.07, 6.45) is 3.35. The van der Waals surface area contributed by atoms with Crippen LogP contribution in [0.5, 0.6) is 5.75 Å². The number of carbonyl (C=O) groups excluding carboxylic acids is 1. The molecule has 1 saturated carbocycles. The lowest BCUT2D eigenvalue weighted by atomic mass is 10.1. The Morgan fingerprint density at radius 2 is 2.10 bits per heavy atom. The van der Waals surface area contributed by atoms with Crippen LogP contribution in [0.3, 0.4) is 0 Å². The van der Waals surface area contributed by atoms with E-state index in [0.29, 0.717) is 10.7 Å². The van der Waals surface area contributed by atoms with Crippen LogP contribution >= 0.6 is 12.2 Å². The van der Waals surface area contributed by atoms with Crippen molar-refractivity contribution in [2.24, 2.45) is 0 Å². The van der Waals surface area contributed by atoms with Crippen LogP contribution < -0.4 is 10.1 Å². The second-order valence-electron chi connectivity index (χ2n) is 4.81. The fourth-order valence-corrected chi connectivity index (χ4v) is 2.51. The second-order valence-corrected chi connectivity index (χ2v) is 5.20. The van der Waals surface area contributed by atoms with Gasteiger partial charge in [-0.25, -0.2) is 0 Å². The Balaban J connectivity index is 1.88. The monoisotopic (exact) mass is 310 g/mol. The standard InChI is InChI=1S/C14H12F2N2O2S/c15-13(16)20-11-4-2-1-3-8(11)7-10-12(19)18(9-5-6-9)14(21)17-10/h1-4,7,9,13H,5-6H2,(H,17,21). The molecule has 0 unspecified atom stereocenters. The molecule has 1 heterocycles. The van der Waals surface area contributed by atoms with Gasteiger partial charge < -0.3 is 10.1 Å². The Morgan fingerprint density at radius 3 is 2.76 bits per heavy atom. The van der Waals surface area contributed by atoms with E-state index >= 15 is 0 Å². The number of nitrogens with zero attached hydrogens (tertiary/aromatic N) is 1. The Labute approximate surface area is 125 Å². The maximum absolute atomic E-state index is 12.4. The molecule has 2 fully saturated rings. The van der Waals surface area contributed by atoms with Crippen LogP contribution in [0.15, 0.2) is 30.0 Å². The van der Waals surface area contributed by atoms with Gasteiger partial charge >= 0.3 is 6.61 Å². The van der Waals surface area contributed by atoms with Gasteiger partial charge in [-0.05, 0) is 37.2 Å². The lowest BCUT2D eigenvalue weighted by molar-refractivity contribution is -0.122. The van der Waals surface area contributed by atoms with Crippen LogP contribution in [0.25, 0.3) is 6.08 Å². The SMILES string of the molecule is O=C1C(=Cc2ccccc2OC(F)F)NC(=S)N1C1CC1. The zero-order valence-corrected chi connectivity index (χ0v) is 11.7. The van der Waals surface area contributed by atoms with Gasteiger partial charge in [-0.2, -0.15) is 8.78 Å². The van der Waals surface area contributed by atoms with Gasteiger partial charge in [0.25, 0.3) is 5.91 Å². The molecule has 0 aromatic heterocycles. The molecule has 21 heavy (non-hydrogen) atoms. The number of benzene rings is 1. The molecular weight excluding hydrogens is 298 g/mol. The predicted octanol–water partition coefficient (Wildman–Crippen LogP) is 2.51. The minimum atomic E-state index is -2.92. The van der Waals surface area contributed by atoms with Crippen molar-refractivity contribution in [1.82, 2.24) is 10.2 Å². The molecule has 0 atom stereocenters. The van der Waals surface area contributed by atoms with Crippen molar-refractivity contribution < 1.29 is 18.3 Å². The number of alkyl halides is 2. The molecular formula is C14H12F2N2O2S. The van der Waals surface area contributed by atoms with Gasteiger partial charge in [-0.1, -0.05) is 18.2 Å². The van der Waals surface area contributed by atoms with Gasteiger partial charge in [0.1, 0.15) is 11.4 Å². The van der Waals surface area contributed by atoms with Gasteiger partial charge in [-0.15, -0.1) is 0 Å². The summed E-state index contributed by atoms with van der Waals surface area (Å²) in [4.78, 5) is 13.8. The van der Waals surface area contributed by atoms with Crippen LogP contribution in [0.1, 0.15) is 18.4 Å². The maximum atomic E-state index is 12.4. The normalized spacial score (nSPS) is 20.3. The molecule has 0 spiro atoms. The van der Waals surface area contributed by atoms with E-state index in [4.69, 9.17) is 12.2 Å². The van der Waals surface area contributed by atoms with Gasteiger partial charge in [0.15, 0.2) is 5.11 Å². The summed E-state index contributed by atoms with van der Waals surface area (Å²) >= 11 is 5.13. The van der Waals surface area contributed by atoms with Crippen molar-refractivity contribution in [2.75, 3.05) is 0 Å². The Kier molecular flexibility index (Phi) is 3.59. The predicted molar refractivity (Wildman–Crippen MR) is 76.7 cm³/mol. The average Bonchev–Trinajstić information content (AvgIpc) is 3.20. The van der Waals surface area contributed by atoms with E-state index in [9.17, 15) is 13.6 Å². The van der Waals surface area contributed by atoms with Crippen LogP contribution in [0.4, 0.5) is 8.78 Å². The highest BCUT2D eigenvalue weighted by Gasteiger charge is 2.41. The van der Waals surface area contributed by atoms with Gasteiger partial charge in [0.05, 0.1) is 0 Å². The Hall–Kier alpha value is -2.02. The fourth-order valence-electron chi connectivity index (χ4n) is 2.17. The van der Waals surface area contributed by atoms with E-state index in [1.807, 2.05) is 0 Å². The number of thiocarbonyl (C=S) groups is 1. The van der Waals surface area contributed by atoms with Gasteiger partial charge in [-0.3, -0.25) is 9.69 Å². The summed E-state index contributed by atoms with van der Waals surface area (Å²) in [6.45, 7) is -2.92. The third-order valence-corrected chi connectivity index (χ3v) is 3.56. The number of hydrogen-bond acceptors (Lipinski definition) is 3. The van der Waals surface area contributed by atoms with E-state index < -0.39 is 6.61 Å². The molecule has 2 aliphatic rings. The number of amides is 1. The molecule has 3 rings (SSSR count). The van der Waals surface area contributed by atoms with Gasteiger partial charge in [0.2, 0.25) is 0 Å². The first-order valence-electron chi connectivity index (χ1n) is 6.46. The first kappa shape index (κ1) is 13.9. The fraction of sp³-hybridized carbons (Fsp3) is 0.286. The van der Waals surface area contributed by atoms with Gasteiger partial charge in [0, 0.05) is 11.6 Å². The number of ether oxygens (including phenoxy) is 1. The van der Waals surface area contributed by atoms with E-state index in [0.717, 1.165) is 12.8 Å². The highest BCUT2D eigenvalue weighted by atomic mass is 32.1. The van der Waals surface area contributed by atoms with Crippen molar-refractivity contribution in [3.8, 4) is 5.75 Å². The number of rotatable bonds is 4. The third-order valence-electron chi connectivity index (χ3n) is 3.26. The van der Waals surface area contributed by atoms with E-state index in [1.54, 1.807) is 18.2 Å². The minimum Gasteiger partial charge on any atom is -0.434 e. The molecule has 1 aliphatic carbocycles. The van der Waals surface area contributed by atoms with Crippen molar-refractivity contribution in [3.63, 3.8) is 0 Å². The molecule has 1 aromatic rings. The smallest absolute Gasteiger partial charge is 0.387 e. The molecule has 1 amide bonds. The van der Waals surface area contributed by atoms with E-state index in [-0.39, 0.29) is 23.4 Å². The highest BCUT2D eigenvalue weighted by molar-refractivity contribution is 7.80. The second kappa shape index (κ2) is 5.40. The number of hydrogen-bond donors (Lipinski definition) is 1. The first-order chi connectivity index (χ1) is 10.1. The summed E-state index contributed by atoms with van der Waals surface area (Å²) in [6, 6.07) is 6.46. The summed E-state index contributed by atoms with van der Waals surface area (Å²) < 4.78 is 29.2. The number of carbonyl (C=O) groups is 1. The molecule has 1 saturated heterocycles. The largest absolute Gasteiger partial charge is 0.434 e. The van der Waals surface area contributed by atoms with Crippen LogP contribution in [0, 0.1) is 0 Å². The Morgan fingerprint density at radius 1 is 1.38 bits per heavy atom. The van der Waals surface area contributed by atoms with Crippen LogP contribution in [-0.2, 0) is 4.79 Å². The lowest BCUT2D eigenvalue weighted by Gasteiger charge is -2.11. The van der Waals surface area contributed by atoms with Crippen molar-refractivity contribution in [2.45, 2.75) is 25.5 Å². The maximum Gasteiger partial charge on any atom is 0.387 e. The number of halogens is 2. The lowest BCUT2D eigenvalue weighted by Crippen LogP contribution is -2.32. The minimum absolute atomic E-state index is 0.0189. The summed E-state index contributed by atoms with van der Waals surface area (Å²) in [7, 11) is 0. The van der Waals surface area contributed by atoms with E-state index in [2.05, 4.69) is 10.1 Å². The number of para-hydroxylation sites is 1. The summed E-state index contributed by atoms with van der Waals surface area (Å²) in [5.41, 5.74) is 0.673. The Bertz CT molecular complexity index is 629. The molecule has 1 aliphatic heterocycles. The quantitative estimate of drug-likeness (QED) is 0.685. The third kappa shape index (κ3) is 2.87. The molecule has 1 aromatic carbocycles. The zero-order chi connectivity index (χ0) is 15.0. The van der Waals surface area contributed by atoms with Crippen LogP contribution in [0.2, 0.25) is 0 Å². The molecule has 7 heteroatoms. The van der Waals surface area contributed by atoms with Crippen molar-refractivity contribution >= 4 is 29.3 Å². The molecule has 0 radical (unpaired) electrons. The van der Waals surface area contributed by atoms with Crippen molar-refractivity contribution in [1.29, 1.82) is 0 Å². The molecule has 0 bridgehead atoms. The molecule has 1 N–H and O–H groups in total. The topological polar surface area (TPSA) is 41.6 Å². The number of nitrogens with one attached hydrogen (secondary N) is 1. The molecule has 110 valence electrons. The molecule has 4 nitrogen and oxygen atoms in total.